The number of aromatic nitrogens is 4. The second kappa shape index (κ2) is 4.73. The van der Waals surface area contributed by atoms with E-state index in [0.29, 0.717) is 6.42 Å². The van der Waals surface area contributed by atoms with Crippen molar-refractivity contribution in [2.24, 2.45) is 5.92 Å². The van der Waals surface area contributed by atoms with E-state index in [1.54, 1.807) is 12.5 Å². The molecule has 3 aromatic rings. The lowest BCUT2D eigenvalue weighted by molar-refractivity contribution is -0.120. The van der Waals surface area contributed by atoms with Gasteiger partial charge >= 0.3 is 0 Å². The predicted octanol–water partition coefficient (Wildman–Crippen LogP) is 1.96. The number of carbonyl (C=O) groups is 1. The number of H-pyrrole nitrogens is 1. The molecule has 0 bridgehead atoms. The molecule has 1 aliphatic rings. The quantitative estimate of drug-likeness (QED) is 0.754. The third-order valence-corrected chi connectivity index (χ3v) is 4.01. The molecule has 2 N–H and O–H groups in total. The van der Waals surface area contributed by atoms with Crippen LogP contribution in [0.3, 0.4) is 0 Å². The zero-order valence-corrected chi connectivity index (χ0v) is 11.4. The Hall–Kier alpha value is -2.63. The summed E-state index contributed by atoms with van der Waals surface area (Å²) in [5, 5.41) is 2.99. The summed E-state index contributed by atoms with van der Waals surface area (Å²) in [7, 11) is 0. The van der Waals surface area contributed by atoms with Gasteiger partial charge in [-0.05, 0) is 24.6 Å². The van der Waals surface area contributed by atoms with Crippen molar-refractivity contribution in [1.82, 2.24) is 19.5 Å². The van der Waals surface area contributed by atoms with Crippen LogP contribution >= 0.6 is 0 Å². The molecule has 1 aliphatic heterocycles. The van der Waals surface area contributed by atoms with Crippen LogP contribution in [0.4, 0.5) is 5.69 Å². The van der Waals surface area contributed by atoms with Crippen LogP contribution in [0.1, 0.15) is 12.2 Å². The van der Waals surface area contributed by atoms with Crippen LogP contribution in [0, 0.1) is 5.92 Å². The Morgan fingerprint density at radius 2 is 2.33 bits per heavy atom. The Morgan fingerprint density at radius 3 is 3.29 bits per heavy atom. The lowest BCUT2D eigenvalue weighted by Gasteiger charge is -2.22. The minimum atomic E-state index is -0.0163. The van der Waals surface area contributed by atoms with Gasteiger partial charge in [0.15, 0.2) is 0 Å². The molecule has 106 valence electrons. The maximum absolute atomic E-state index is 12.4. The SMILES string of the molecule is O=C(Nc1ccc2nc[nH]c2c1)C1CCn2ccnc2C1. The third-order valence-electron chi connectivity index (χ3n) is 4.01. The number of benzene rings is 1. The molecule has 0 aliphatic carbocycles. The van der Waals surface area contributed by atoms with Crippen LogP contribution in [-0.4, -0.2) is 25.4 Å². The van der Waals surface area contributed by atoms with Gasteiger partial charge in [-0.3, -0.25) is 4.79 Å². The molecule has 0 fully saturated rings. The average molecular weight is 281 g/mol. The molecule has 1 atom stereocenters. The zero-order valence-electron chi connectivity index (χ0n) is 11.4. The number of fused-ring (bicyclic) bond motifs is 2. The first-order chi connectivity index (χ1) is 10.3. The normalized spacial score (nSPS) is 17.6. The van der Waals surface area contributed by atoms with Crippen LogP contribution < -0.4 is 5.32 Å². The van der Waals surface area contributed by atoms with Gasteiger partial charge in [-0.15, -0.1) is 0 Å². The van der Waals surface area contributed by atoms with E-state index in [9.17, 15) is 4.79 Å². The lowest BCUT2D eigenvalue weighted by atomic mass is 9.97. The van der Waals surface area contributed by atoms with Crippen LogP contribution in [0.2, 0.25) is 0 Å². The smallest absolute Gasteiger partial charge is 0.228 e. The van der Waals surface area contributed by atoms with Gasteiger partial charge in [0.05, 0.1) is 17.4 Å². The van der Waals surface area contributed by atoms with Crippen molar-refractivity contribution in [2.45, 2.75) is 19.4 Å². The standard InChI is InChI=1S/C15H15N5O/c21-15(10-3-5-20-6-4-16-14(20)7-10)19-11-1-2-12-13(8-11)18-9-17-12/h1-2,4,6,8-10H,3,5,7H2,(H,17,18)(H,19,21). The molecular weight excluding hydrogens is 266 g/mol. The Labute approximate surface area is 121 Å². The van der Waals surface area contributed by atoms with Gasteiger partial charge in [-0.2, -0.15) is 0 Å². The van der Waals surface area contributed by atoms with E-state index in [-0.39, 0.29) is 11.8 Å². The summed E-state index contributed by atoms with van der Waals surface area (Å²) < 4.78 is 2.11. The molecule has 1 amide bonds. The molecule has 0 radical (unpaired) electrons. The molecule has 2 aromatic heterocycles. The van der Waals surface area contributed by atoms with E-state index in [4.69, 9.17) is 0 Å². The largest absolute Gasteiger partial charge is 0.345 e. The number of nitrogens with zero attached hydrogens (tertiary/aromatic N) is 3. The molecule has 21 heavy (non-hydrogen) atoms. The van der Waals surface area contributed by atoms with Crippen molar-refractivity contribution in [3.8, 4) is 0 Å². The van der Waals surface area contributed by atoms with Crippen molar-refractivity contribution in [3.05, 3.63) is 42.7 Å². The number of carbonyl (C=O) groups excluding carboxylic acids is 1. The first-order valence-electron chi connectivity index (χ1n) is 7.03. The topological polar surface area (TPSA) is 75.6 Å². The number of hydrogen-bond donors (Lipinski definition) is 2. The van der Waals surface area contributed by atoms with Crippen LogP contribution in [0.5, 0.6) is 0 Å². The zero-order chi connectivity index (χ0) is 14.2. The maximum atomic E-state index is 12.4. The Bertz CT molecular complexity index is 803. The highest BCUT2D eigenvalue weighted by molar-refractivity contribution is 5.94. The highest BCUT2D eigenvalue weighted by Crippen LogP contribution is 2.22. The van der Waals surface area contributed by atoms with Crippen molar-refractivity contribution in [3.63, 3.8) is 0 Å². The van der Waals surface area contributed by atoms with Gasteiger partial charge in [0, 0.05) is 37.0 Å². The number of amides is 1. The van der Waals surface area contributed by atoms with Crippen molar-refractivity contribution < 1.29 is 4.79 Å². The van der Waals surface area contributed by atoms with Gasteiger partial charge in [0.25, 0.3) is 0 Å². The number of hydrogen-bond acceptors (Lipinski definition) is 3. The highest BCUT2D eigenvalue weighted by atomic mass is 16.1. The van der Waals surface area contributed by atoms with Gasteiger partial charge in [0.2, 0.25) is 5.91 Å². The fourth-order valence-corrected chi connectivity index (χ4v) is 2.83. The fourth-order valence-electron chi connectivity index (χ4n) is 2.83. The monoisotopic (exact) mass is 281 g/mol. The lowest BCUT2D eigenvalue weighted by Crippen LogP contribution is -2.30. The molecule has 0 saturated heterocycles. The second-order valence-electron chi connectivity index (χ2n) is 5.35. The average Bonchev–Trinajstić information content (AvgIpc) is 3.14. The third kappa shape index (κ3) is 2.18. The Morgan fingerprint density at radius 1 is 1.38 bits per heavy atom. The molecule has 4 rings (SSSR count). The van der Waals surface area contributed by atoms with Crippen molar-refractivity contribution in [2.75, 3.05) is 5.32 Å². The fraction of sp³-hybridized carbons (Fsp3) is 0.267. The van der Waals surface area contributed by atoms with Crippen molar-refractivity contribution >= 4 is 22.6 Å². The molecule has 6 heteroatoms. The maximum Gasteiger partial charge on any atom is 0.228 e. The summed E-state index contributed by atoms with van der Waals surface area (Å²) >= 11 is 0. The van der Waals surface area contributed by atoms with E-state index in [1.165, 1.54) is 0 Å². The summed E-state index contributed by atoms with van der Waals surface area (Å²) in [6.07, 6.45) is 6.96. The first-order valence-corrected chi connectivity index (χ1v) is 7.03. The van der Waals surface area contributed by atoms with Crippen LogP contribution in [0.25, 0.3) is 11.0 Å². The van der Waals surface area contributed by atoms with Crippen LogP contribution in [-0.2, 0) is 17.8 Å². The van der Waals surface area contributed by atoms with E-state index >= 15 is 0 Å². The van der Waals surface area contributed by atoms with E-state index in [1.807, 2.05) is 24.4 Å². The summed E-state index contributed by atoms with van der Waals surface area (Å²) in [5.74, 6) is 1.03. The number of aromatic amines is 1. The summed E-state index contributed by atoms with van der Waals surface area (Å²) in [5.41, 5.74) is 2.62. The molecule has 3 heterocycles. The predicted molar refractivity (Wildman–Crippen MR) is 78.8 cm³/mol. The number of aryl methyl sites for hydroxylation is 1. The molecule has 6 nitrogen and oxygen atoms in total. The molecular formula is C15H15N5O. The molecule has 0 saturated carbocycles. The first kappa shape index (κ1) is 12.1. The van der Waals surface area contributed by atoms with Crippen molar-refractivity contribution in [1.29, 1.82) is 0 Å². The molecule has 1 aromatic carbocycles. The van der Waals surface area contributed by atoms with E-state index in [2.05, 4.69) is 24.8 Å². The number of imidazole rings is 2. The highest BCUT2D eigenvalue weighted by Gasteiger charge is 2.25. The Kier molecular flexibility index (Phi) is 2.73. The molecule has 0 spiro atoms. The van der Waals surface area contributed by atoms with Gasteiger partial charge in [-0.25, -0.2) is 9.97 Å². The molecule has 1 unspecified atom stereocenters. The van der Waals surface area contributed by atoms with Crippen LogP contribution in [0.15, 0.2) is 36.9 Å². The summed E-state index contributed by atoms with van der Waals surface area (Å²) in [6, 6.07) is 5.68. The van der Waals surface area contributed by atoms with E-state index < -0.39 is 0 Å². The number of anilines is 1. The van der Waals surface area contributed by atoms with Gasteiger partial charge in [0.1, 0.15) is 5.82 Å². The minimum Gasteiger partial charge on any atom is -0.345 e. The number of rotatable bonds is 2. The second-order valence-corrected chi connectivity index (χ2v) is 5.35. The van der Waals surface area contributed by atoms with Gasteiger partial charge < -0.3 is 14.9 Å². The van der Waals surface area contributed by atoms with Gasteiger partial charge in [-0.1, -0.05) is 0 Å². The minimum absolute atomic E-state index is 0.0163. The Balaban J connectivity index is 1.50. The number of nitrogens with one attached hydrogen (secondary N) is 2. The summed E-state index contributed by atoms with van der Waals surface area (Å²) in [4.78, 5) is 23.9. The summed E-state index contributed by atoms with van der Waals surface area (Å²) in [6.45, 7) is 0.854. The van der Waals surface area contributed by atoms with E-state index in [0.717, 1.165) is 35.5 Å².